The lowest BCUT2D eigenvalue weighted by atomic mass is 10.1. The van der Waals surface area contributed by atoms with E-state index in [2.05, 4.69) is 19.6 Å². The molecular formula is C18H17F3N4O2. The Balaban J connectivity index is 1.70. The molecule has 3 heterocycles. The van der Waals surface area contributed by atoms with E-state index in [-0.39, 0.29) is 11.9 Å². The Hall–Kier alpha value is -2.81. The summed E-state index contributed by atoms with van der Waals surface area (Å²) in [4.78, 5) is 10.7. The summed E-state index contributed by atoms with van der Waals surface area (Å²) in [5, 5.41) is 9.73. The smallest absolute Gasteiger partial charge is 0.406 e. The highest BCUT2D eigenvalue weighted by Crippen LogP contribution is 2.30. The van der Waals surface area contributed by atoms with Crippen molar-refractivity contribution in [2.24, 2.45) is 0 Å². The van der Waals surface area contributed by atoms with Crippen LogP contribution in [-0.4, -0.2) is 45.0 Å². The minimum Gasteiger partial charge on any atom is -0.406 e. The maximum absolute atomic E-state index is 12.3. The van der Waals surface area contributed by atoms with Crippen molar-refractivity contribution in [3.05, 3.63) is 42.9 Å². The van der Waals surface area contributed by atoms with Gasteiger partial charge in [-0.05, 0) is 37.1 Å². The maximum Gasteiger partial charge on any atom is 0.573 e. The van der Waals surface area contributed by atoms with Crippen molar-refractivity contribution in [2.75, 3.05) is 18.0 Å². The van der Waals surface area contributed by atoms with E-state index in [4.69, 9.17) is 0 Å². The summed E-state index contributed by atoms with van der Waals surface area (Å²) in [5.74, 6) is 0.564. The van der Waals surface area contributed by atoms with Crippen molar-refractivity contribution in [3.63, 3.8) is 0 Å². The fourth-order valence-electron chi connectivity index (χ4n) is 3.28. The Labute approximate surface area is 152 Å². The van der Waals surface area contributed by atoms with E-state index < -0.39 is 6.36 Å². The van der Waals surface area contributed by atoms with Crippen molar-refractivity contribution in [1.29, 1.82) is 0 Å². The number of alkyl halides is 3. The molecular weight excluding hydrogens is 361 g/mol. The fourth-order valence-corrected chi connectivity index (χ4v) is 3.28. The van der Waals surface area contributed by atoms with Crippen LogP contribution in [0, 0.1) is 0 Å². The molecule has 0 radical (unpaired) electrons. The third-order valence-electron chi connectivity index (χ3n) is 4.57. The third kappa shape index (κ3) is 3.68. The second-order valence-electron chi connectivity index (χ2n) is 6.39. The van der Waals surface area contributed by atoms with Gasteiger partial charge in [-0.2, -0.15) is 0 Å². The molecule has 0 spiro atoms. The molecule has 1 aromatic carbocycles. The van der Waals surface area contributed by atoms with Crippen LogP contribution in [0.2, 0.25) is 0 Å². The largest absolute Gasteiger partial charge is 0.573 e. The van der Waals surface area contributed by atoms with Crippen LogP contribution in [0.15, 0.2) is 42.9 Å². The highest BCUT2D eigenvalue weighted by atomic mass is 19.4. The normalized spacial score (nSPS) is 16.1. The second kappa shape index (κ2) is 6.73. The molecule has 0 atom stereocenters. The van der Waals surface area contributed by atoms with Gasteiger partial charge in [0.15, 0.2) is 5.65 Å². The fraction of sp³-hybridized carbons (Fsp3) is 0.333. The zero-order valence-electron chi connectivity index (χ0n) is 14.2. The summed E-state index contributed by atoms with van der Waals surface area (Å²) < 4.78 is 42.9. The Morgan fingerprint density at radius 3 is 2.41 bits per heavy atom. The average Bonchev–Trinajstić information content (AvgIpc) is 3.06. The molecule has 0 bridgehead atoms. The van der Waals surface area contributed by atoms with Crippen LogP contribution in [0.1, 0.15) is 12.8 Å². The molecule has 0 amide bonds. The minimum absolute atomic E-state index is 0.271. The number of aliphatic hydroxyl groups is 1. The highest BCUT2D eigenvalue weighted by Gasteiger charge is 2.31. The second-order valence-corrected chi connectivity index (χ2v) is 6.39. The standard InChI is InChI=1S/C18H17F3N4O2/c19-18(20,21)27-14-3-1-12(2-4-14)15-9-23-16-10-22-11-17(25(15)16)24-7-5-13(26)6-8-24/h1-4,9-11,13,26H,5-8H2. The number of halogens is 3. The van der Waals surface area contributed by atoms with Gasteiger partial charge in [0.2, 0.25) is 0 Å². The van der Waals surface area contributed by atoms with Gasteiger partial charge in [-0.15, -0.1) is 13.2 Å². The highest BCUT2D eigenvalue weighted by molar-refractivity contribution is 5.67. The van der Waals surface area contributed by atoms with Crippen LogP contribution in [0.25, 0.3) is 16.9 Å². The summed E-state index contributed by atoms with van der Waals surface area (Å²) in [6, 6.07) is 5.68. The first kappa shape index (κ1) is 17.6. The minimum atomic E-state index is -4.72. The summed E-state index contributed by atoms with van der Waals surface area (Å²) in [6.07, 6.45) is 1.36. The Kier molecular flexibility index (Phi) is 4.39. The molecule has 1 fully saturated rings. The molecule has 27 heavy (non-hydrogen) atoms. The molecule has 1 saturated heterocycles. The monoisotopic (exact) mass is 378 g/mol. The van der Waals surface area contributed by atoms with Gasteiger partial charge in [0.05, 0.1) is 30.4 Å². The number of nitrogens with zero attached hydrogens (tertiary/aromatic N) is 4. The van der Waals surface area contributed by atoms with Gasteiger partial charge in [0, 0.05) is 18.7 Å². The van der Waals surface area contributed by atoms with E-state index in [0.717, 1.165) is 11.5 Å². The van der Waals surface area contributed by atoms with Crippen molar-refractivity contribution in [1.82, 2.24) is 14.4 Å². The maximum atomic E-state index is 12.3. The van der Waals surface area contributed by atoms with Gasteiger partial charge in [-0.3, -0.25) is 9.38 Å². The lowest BCUT2D eigenvalue weighted by Gasteiger charge is -2.31. The van der Waals surface area contributed by atoms with Crippen molar-refractivity contribution in [3.8, 4) is 17.0 Å². The molecule has 0 unspecified atom stereocenters. The van der Waals surface area contributed by atoms with Gasteiger partial charge < -0.3 is 14.7 Å². The topological polar surface area (TPSA) is 62.9 Å². The number of fused-ring (bicyclic) bond motifs is 1. The quantitative estimate of drug-likeness (QED) is 0.758. The third-order valence-corrected chi connectivity index (χ3v) is 4.57. The van der Waals surface area contributed by atoms with E-state index in [1.54, 1.807) is 30.7 Å². The number of rotatable bonds is 3. The van der Waals surface area contributed by atoms with Gasteiger partial charge in [-0.25, -0.2) is 4.98 Å². The van der Waals surface area contributed by atoms with Gasteiger partial charge >= 0.3 is 6.36 Å². The number of hydrogen-bond acceptors (Lipinski definition) is 5. The van der Waals surface area contributed by atoms with Gasteiger partial charge in [-0.1, -0.05) is 0 Å². The zero-order valence-corrected chi connectivity index (χ0v) is 14.2. The molecule has 1 aliphatic rings. The molecule has 6 nitrogen and oxygen atoms in total. The van der Waals surface area contributed by atoms with Gasteiger partial charge in [0.25, 0.3) is 0 Å². The first-order valence-corrected chi connectivity index (χ1v) is 8.51. The van der Waals surface area contributed by atoms with E-state index in [1.807, 2.05) is 4.40 Å². The number of imidazole rings is 1. The van der Waals surface area contributed by atoms with Crippen LogP contribution < -0.4 is 9.64 Å². The number of piperidine rings is 1. The van der Waals surface area contributed by atoms with E-state index in [0.29, 0.717) is 37.1 Å². The van der Waals surface area contributed by atoms with Crippen LogP contribution in [-0.2, 0) is 0 Å². The lowest BCUT2D eigenvalue weighted by molar-refractivity contribution is -0.274. The number of benzene rings is 1. The molecule has 1 N–H and O–H groups in total. The van der Waals surface area contributed by atoms with Crippen LogP contribution >= 0.6 is 0 Å². The van der Waals surface area contributed by atoms with Crippen LogP contribution in [0.4, 0.5) is 19.0 Å². The first-order chi connectivity index (χ1) is 12.9. The summed E-state index contributed by atoms with van der Waals surface area (Å²) in [7, 11) is 0. The average molecular weight is 378 g/mol. The van der Waals surface area contributed by atoms with Crippen LogP contribution in [0.3, 0.4) is 0 Å². The first-order valence-electron chi connectivity index (χ1n) is 8.51. The van der Waals surface area contributed by atoms with Crippen molar-refractivity contribution in [2.45, 2.75) is 25.3 Å². The molecule has 142 valence electrons. The van der Waals surface area contributed by atoms with Crippen LogP contribution in [0.5, 0.6) is 5.75 Å². The van der Waals surface area contributed by atoms with E-state index >= 15 is 0 Å². The molecule has 0 saturated carbocycles. The SMILES string of the molecule is OC1CCN(c2cncc3ncc(-c4ccc(OC(F)(F)F)cc4)n23)CC1. The van der Waals surface area contributed by atoms with E-state index in [9.17, 15) is 18.3 Å². The molecule has 9 heteroatoms. The number of ether oxygens (including phenoxy) is 1. The number of hydrogen-bond donors (Lipinski definition) is 1. The molecule has 1 aliphatic heterocycles. The molecule has 2 aromatic heterocycles. The van der Waals surface area contributed by atoms with Crippen molar-refractivity contribution < 1.29 is 23.0 Å². The Morgan fingerprint density at radius 2 is 1.74 bits per heavy atom. The molecule has 3 aromatic rings. The summed E-state index contributed by atoms with van der Waals surface area (Å²) >= 11 is 0. The Morgan fingerprint density at radius 1 is 1.04 bits per heavy atom. The Bertz CT molecular complexity index is 932. The number of aromatic nitrogens is 3. The zero-order chi connectivity index (χ0) is 19.0. The van der Waals surface area contributed by atoms with Gasteiger partial charge in [0.1, 0.15) is 11.6 Å². The summed E-state index contributed by atoms with van der Waals surface area (Å²) in [6.45, 7) is 1.38. The number of anilines is 1. The van der Waals surface area contributed by atoms with E-state index in [1.165, 1.54) is 12.1 Å². The lowest BCUT2D eigenvalue weighted by Crippen LogP contribution is -2.36. The van der Waals surface area contributed by atoms with Crippen molar-refractivity contribution >= 4 is 11.5 Å². The number of aliphatic hydroxyl groups excluding tert-OH is 1. The molecule has 4 rings (SSSR count). The predicted octanol–water partition coefficient (Wildman–Crippen LogP) is 3.26. The summed E-state index contributed by atoms with van der Waals surface area (Å²) in [5.41, 5.74) is 2.10. The predicted molar refractivity (Wildman–Crippen MR) is 92.6 cm³/mol. The molecule has 0 aliphatic carbocycles.